The Kier molecular flexibility index (Phi) is 5.50. The van der Waals surface area contributed by atoms with E-state index >= 15 is 0 Å². The predicted molar refractivity (Wildman–Crippen MR) is 92.5 cm³/mol. The molecule has 0 aliphatic carbocycles. The summed E-state index contributed by atoms with van der Waals surface area (Å²) in [6.07, 6.45) is 1.01. The number of nitrogens with one attached hydrogen (secondary N) is 2. The molecule has 1 amide bonds. The van der Waals surface area contributed by atoms with Crippen LogP contribution in [0.15, 0.2) is 39.0 Å². The van der Waals surface area contributed by atoms with Gasteiger partial charge in [-0.15, -0.1) is 0 Å². The number of carbonyl (C=O) groups excluding carboxylic acids is 1. The normalized spacial score (nSPS) is 10.4. The van der Waals surface area contributed by atoms with Gasteiger partial charge in [-0.05, 0) is 56.5 Å². The molecule has 0 spiro atoms. The molecule has 0 fully saturated rings. The van der Waals surface area contributed by atoms with Crippen LogP contribution < -0.4 is 10.9 Å². The van der Waals surface area contributed by atoms with Crippen molar-refractivity contribution >= 4 is 23.5 Å². The lowest BCUT2D eigenvalue weighted by Gasteiger charge is -2.13. The van der Waals surface area contributed by atoms with Gasteiger partial charge in [-0.3, -0.25) is 10.1 Å². The first kappa shape index (κ1) is 17.1. The van der Waals surface area contributed by atoms with Gasteiger partial charge in [0.1, 0.15) is 5.69 Å². The molecule has 1 aromatic carbocycles. The van der Waals surface area contributed by atoms with Crippen LogP contribution in [0.3, 0.4) is 0 Å². The Hall–Kier alpha value is -2.21. The Balaban J connectivity index is 2.42. The van der Waals surface area contributed by atoms with Crippen LogP contribution in [-0.4, -0.2) is 17.7 Å². The summed E-state index contributed by atoms with van der Waals surface area (Å²) in [6, 6.07) is 6.19. The van der Waals surface area contributed by atoms with E-state index in [2.05, 4.69) is 16.4 Å². The van der Waals surface area contributed by atoms with E-state index in [-0.39, 0.29) is 17.9 Å². The fourth-order valence-corrected chi connectivity index (χ4v) is 3.43. The van der Waals surface area contributed by atoms with Gasteiger partial charge in [-0.1, -0.05) is 17.8 Å². The van der Waals surface area contributed by atoms with Crippen LogP contribution in [-0.2, 0) is 4.74 Å². The summed E-state index contributed by atoms with van der Waals surface area (Å²) in [6.45, 7) is 7.90. The van der Waals surface area contributed by atoms with Gasteiger partial charge in [0.2, 0.25) is 0 Å². The molecule has 2 rings (SSSR count). The zero-order valence-corrected chi connectivity index (χ0v) is 14.5. The van der Waals surface area contributed by atoms with Crippen LogP contribution in [0.2, 0.25) is 0 Å². The third kappa shape index (κ3) is 4.39. The molecule has 0 unspecified atom stereocenters. The van der Waals surface area contributed by atoms with Gasteiger partial charge >= 0.3 is 6.09 Å². The number of hydrogen-bond donors (Lipinski definition) is 2. The molecule has 0 aliphatic heterocycles. The maximum absolute atomic E-state index is 12.1. The first-order valence-corrected chi connectivity index (χ1v) is 8.14. The van der Waals surface area contributed by atoms with Gasteiger partial charge in [0.15, 0.2) is 0 Å². The van der Waals surface area contributed by atoms with E-state index in [1.165, 1.54) is 11.8 Å². The maximum atomic E-state index is 12.1. The number of rotatable bonds is 4. The summed E-state index contributed by atoms with van der Waals surface area (Å²) in [5, 5.41) is 2.54. The largest absolute Gasteiger partial charge is 0.450 e. The average molecular weight is 332 g/mol. The first-order valence-electron chi connectivity index (χ1n) is 7.33. The highest BCUT2D eigenvalue weighted by atomic mass is 32.2. The molecular weight excluding hydrogens is 312 g/mol. The van der Waals surface area contributed by atoms with Crippen molar-refractivity contribution in [2.24, 2.45) is 0 Å². The van der Waals surface area contributed by atoms with Crippen LogP contribution in [0.25, 0.3) is 0 Å². The summed E-state index contributed by atoms with van der Waals surface area (Å²) < 4.78 is 4.87. The fraction of sp³-hybridized carbons (Fsp3) is 0.294. The molecule has 1 heterocycles. The van der Waals surface area contributed by atoms with E-state index in [1.807, 2.05) is 32.9 Å². The fourth-order valence-electron chi connectivity index (χ4n) is 2.24. The minimum absolute atomic E-state index is 0.215. The Bertz CT molecular complexity index is 764. The molecule has 23 heavy (non-hydrogen) atoms. The van der Waals surface area contributed by atoms with E-state index in [9.17, 15) is 9.59 Å². The third-order valence-corrected chi connectivity index (χ3v) is 4.35. The zero-order valence-electron chi connectivity index (χ0n) is 13.6. The number of carbonyl (C=O) groups is 1. The Morgan fingerprint density at radius 1 is 1.22 bits per heavy atom. The number of pyridine rings is 1. The summed E-state index contributed by atoms with van der Waals surface area (Å²) in [7, 11) is 0. The smallest absolute Gasteiger partial charge is 0.411 e. The molecule has 5 nitrogen and oxygen atoms in total. The number of aromatic nitrogens is 1. The zero-order chi connectivity index (χ0) is 17.0. The number of benzene rings is 1. The van der Waals surface area contributed by atoms with E-state index in [0.717, 1.165) is 21.6 Å². The lowest BCUT2D eigenvalue weighted by molar-refractivity contribution is 0.168. The van der Waals surface area contributed by atoms with Crippen LogP contribution in [0.1, 0.15) is 23.6 Å². The number of aryl methyl sites for hydroxylation is 3. The second-order valence-corrected chi connectivity index (χ2v) is 6.36. The number of anilines is 1. The van der Waals surface area contributed by atoms with Gasteiger partial charge in [-0.25, -0.2) is 4.79 Å². The van der Waals surface area contributed by atoms with E-state index < -0.39 is 6.09 Å². The molecule has 2 N–H and O–H groups in total. The molecule has 1 aromatic heterocycles. The number of H-pyrrole nitrogens is 1. The maximum Gasteiger partial charge on any atom is 0.411 e. The van der Waals surface area contributed by atoms with Crippen molar-refractivity contribution in [1.82, 2.24) is 4.98 Å². The predicted octanol–water partition coefficient (Wildman–Crippen LogP) is 4.02. The van der Waals surface area contributed by atoms with Crippen molar-refractivity contribution in [2.75, 3.05) is 11.9 Å². The van der Waals surface area contributed by atoms with Crippen LogP contribution >= 0.6 is 11.8 Å². The third-order valence-electron chi connectivity index (χ3n) is 3.15. The second-order valence-electron chi connectivity index (χ2n) is 5.28. The molecule has 122 valence electrons. The van der Waals surface area contributed by atoms with Crippen LogP contribution in [0, 0.1) is 20.8 Å². The van der Waals surface area contributed by atoms with Gasteiger partial charge < -0.3 is 9.72 Å². The molecule has 6 heteroatoms. The van der Waals surface area contributed by atoms with Crippen LogP contribution in [0.5, 0.6) is 0 Å². The van der Waals surface area contributed by atoms with Gasteiger partial charge in [0, 0.05) is 16.0 Å². The SMILES string of the molecule is CCOC(=O)Nc1c(Sc2cc(C)cc(C)c2)c(C)c[nH]c1=O. The van der Waals surface area contributed by atoms with Crippen molar-refractivity contribution in [3.05, 3.63) is 51.4 Å². The molecule has 2 aromatic rings. The van der Waals surface area contributed by atoms with Crippen LogP contribution in [0.4, 0.5) is 10.5 Å². The minimum atomic E-state index is -0.633. The Morgan fingerprint density at radius 2 is 1.87 bits per heavy atom. The van der Waals surface area contributed by atoms with E-state index in [0.29, 0.717) is 4.90 Å². The summed E-state index contributed by atoms with van der Waals surface area (Å²) in [5.74, 6) is 0. The number of hydrogen-bond acceptors (Lipinski definition) is 4. The minimum Gasteiger partial charge on any atom is -0.450 e. The molecule has 0 saturated heterocycles. The van der Waals surface area contributed by atoms with Gasteiger partial charge in [-0.2, -0.15) is 0 Å². The van der Waals surface area contributed by atoms with E-state index in [1.54, 1.807) is 13.1 Å². The molecule has 0 bridgehead atoms. The molecule has 0 radical (unpaired) electrons. The Morgan fingerprint density at radius 3 is 2.48 bits per heavy atom. The number of amides is 1. The molecule has 0 aliphatic rings. The van der Waals surface area contributed by atoms with Crippen molar-refractivity contribution in [2.45, 2.75) is 37.5 Å². The van der Waals surface area contributed by atoms with Crippen molar-refractivity contribution in [3.8, 4) is 0 Å². The topological polar surface area (TPSA) is 71.2 Å². The second kappa shape index (κ2) is 7.37. The lowest BCUT2D eigenvalue weighted by atomic mass is 10.2. The Labute approximate surface area is 139 Å². The van der Waals surface area contributed by atoms with Crippen molar-refractivity contribution < 1.29 is 9.53 Å². The highest BCUT2D eigenvalue weighted by Gasteiger charge is 2.15. The molecular formula is C17H20N2O3S. The highest BCUT2D eigenvalue weighted by Crippen LogP contribution is 2.35. The summed E-state index contributed by atoms with van der Waals surface area (Å²) in [4.78, 5) is 28.2. The monoisotopic (exact) mass is 332 g/mol. The summed E-state index contributed by atoms with van der Waals surface area (Å²) >= 11 is 1.45. The molecule has 0 saturated carbocycles. The number of aromatic amines is 1. The average Bonchev–Trinajstić information content (AvgIpc) is 2.46. The number of ether oxygens (including phenoxy) is 1. The van der Waals surface area contributed by atoms with E-state index in [4.69, 9.17) is 4.74 Å². The van der Waals surface area contributed by atoms with Gasteiger partial charge in [0.05, 0.1) is 6.61 Å². The standard InChI is InChI=1S/C17H20N2O3S/c1-5-22-17(21)19-14-15(12(4)9-18-16(14)20)23-13-7-10(2)6-11(3)8-13/h6-9H,5H2,1-4H3,(H,18,20)(H,19,21). The molecule has 0 atom stereocenters. The van der Waals surface area contributed by atoms with Crippen molar-refractivity contribution in [1.29, 1.82) is 0 Å². The lowest BCUT2D eigenvalue weighted by Crippen LogP contribution is -2.21. The first-order chi connectivity index (χ1) is 10.9. The highest BCUT2D eigenvalue weighted by molar-refractivity contribution is 7.99. The van der Waals surface area contributed by atoms with Crippen molar-refractivity contribution in [3.63, 3.8) is 0 Å². The quantitative estimate of drug-likeness (QED) is 0.887. The summed E-state index contributed by atoms with van der Waals surface area (Å²) in [5.41, 5.74) is 3.04. The van der Waals surface area contributed by atoms with Gasteiger partial charge in [0.25, 0.3) is 5.56 Å².